The van der Waals surface area contributed by atoms with Gasteiger partial charge in [0, 0.05) is 0 Å². The van der Waals surface area contributed by atoms with Crippen LogP contribution in [-0.2, 0) is 14.3 Å². The summed E-state index contributed by atoms with van der Waals surface area (Å²) < 4.78 is 10.5. The maximum atomic E-state index is 12.4. The Labute approximate surface area is 167 Å². The van der Waals surface area contributed by atoms with E-state index in [0.717, 1.165) is 51.4 Å². The summed E-state index contributed by atoms with van der Waals surface area (Å²) in [6.45, 7) is 7.23. The molecule has 0 aliphatic carbocycles. The molecule has 160 valence electrons. The zero-order valence-corrected chi connectivity index (χ0v) is 18.0. The summed E-state index contributed by atoms with van der Waals surface area (Å²) in [5, 5.41) is 2.69. The van der Waals surface area contributed by atoms with E-state index in [9.17, 15) is 9.59 Å². The number of amides is 1. The molecule has 0 aliphatic rings. The molecule has 0 fully saturated rings. The molecular formula is C22H43NO4. The third kappa shape index (κ3) is 16.6. The van der Waals surface area contributed by atoms with Gasteiger partial charge >= 0.3 is 12.1 Å². The van der Waals surface area contributed by atoms with Crippen LogP contribution in [-0.4, -0.2) is 31.3 Å². The molecule has 0 bridgehead atoms. The smallest absolute Gasteiger partial charge is 0.407 e. The lowest BCUT2D eigenvalue weighted by Crippen LogP contribution is -2.42. The van der Waals surface area contributed by atoms with E-state index in [2.05, 4.69) is 19.2 Å². The summed E-state index contributed by atoms with van der Waals surface area (Å²) in [6.07, 6.45) is 14.4. The predicted molar refractivity (Wildman–Crippen MR) is 111 cm³/mol. The molecule has 0 spiro atoms. The van der Waals surface area contributed by atoms with Gasteiger partial charge in [0.2, 0.25) is 0 Å². The first-order chi connectivity index (χ1) is 13.2. The lowest BCUT2D eigenvalue weighted by atomic mass is 10.1. The van der Waals surface area contributed by atoms with Crippen LogP contribution >= 0.6 is 0 Å². The van der Waals surface area contributed by atoms with Crippen LogP contribution in [0, 0.1) is 0 Å². The zero-order chi connectivity index (χ0) is 20.2. The van der Waals surface area contributed by atoms with Crippen LogP contribution < -0.4 is 5.32 Å². The number of esters is 1. The Kier molecular flexibility index (Phi) is 18.6. The van der Waals surface area contributed by atoms with E-state index in [-0.39, 0.29) is 5.97 Å². The van der Waals surface area contributed by atoms with E-state index in [1.54, 1.807) is 0 Å². The van der Waals surface area contributed by atoms with Crippen molar-refractivity contribution in [2.45, 2.75) is 117 Å². The van der Waals surface area contributed by atoms with E-state index < -0.39 is 12.1 Å². The average molecular weight is 386 g/mol. The summed E-state index contributed by atoms with van der Waals surface area (Å²) in [6, 6.07) is -0.597. The second-order valence-corrected chi connectivity index (χ2v) is 7.32. The normalized spacial score (nSPS) is 11.8. The van der Waals surface area contributed by atoms with Crippen LogP contribution in [0.3, 0.4) is 0 Å². The minimum absolute atomic E-state index is 0.329. The van der Waals surface area contributed by atoms with Gasteiger partial charge in [-0.25, -0.2) is 9.59 Å². The van der Waals surface area contributed by atoms with Crippen molar-refractivity contribution in [1.29, 1.82) is 0 Å². The fourth-order valence-corrected chi connectivity index (χ4v) is 2.85. The molecule has 0 saturated carbocycles. The fraction of sp³-hybridized carbons (Fsp3) is 0.909. The summed E-state index contributed by atoms with van der Waals surface area (Å²) in [5.41, 5.74) is 0. The van der Waals surface area contributed by atoms with E-state index in [1.165, 1.54) is 32.1 Å². The van der Waals surface area contributed by atoms with Gasteiger partial charge in [-0.2, -0.15) is 0 Å². The van der Waals surface area contributed by atoms with Gasteiger partial charge in [0.25, 0.3) is 0 Å². The lowest BCUT2D eigenvalue weighted by molar-refractivity contribution is -0.146. The fourth-order valence-electron chi connectivity index (χ4n) is 2.85. The Morgan fingerprint density at radius 1 is 0.667 bits per heavy atom. The highest BCUT2D eigenvalue weighted by Gasteiger charge is 2.22. The summed E-state index contributed by atoms with van der Waals surface area (Å²) in [5.74, 6) is -0.329. The van der Waals surface area contributed by atoms with Gasteiger partial charge in [-0.3, -0.25) is 0 Å². The summed E-state index contributed by atoms with van der Waals surface area (Å²) in [4.78, 5) is 24.2. The Balaban J connectivity index is 4.12. The number of nitrogens with one attached hydrogen (secondary N) is 1. The summed E-state index contributed by atoms with van der Waals surface area (Å²) in [7, 11) is 0. The van der Waals surface area contributed by atoms with Crippen LogP contribution in [0.5, 0.6) is 0 Å². The van der Waals surface area contributed by atoms with Crippen molar-refractivity contribution < 1.29 is 19.1 Å². The van der Waals surface area contributed by atoms with Crippen LogP contribution in [0.15, 0.2) is 0 Å². The molecule has 5 nitrogen and oxygen atoms in total. The van der Waals surface area contributed by atoms with Crippen molar-refractivity contribution in [3.63, 3.8) is 0 Å². The van der Waals surface area contributed by atoms with E-state index >= 15 is 0 Å². The average Bonchev–Trinajstić information content (AvgIpc) is 2.66. The number of hydrogen-bond acceptors (Lipinski definition) is 4. The number of hydrogen-bond donors (Lipinski definition) is 1. The summed E-state index contributed by atoms with van der Waals surface area (Å²) >= 11 is 0. The molecule has 1 N–H and O–H groups in total. The van der Waals surface area contributed by atoms with E-state index in [0.29, 0.717) is 19.6 Å². The monoisotopic (exact) mass is 385 g/mol. The molecule has 0 heterocycles. The predicted octanol–water partition coefficient (Wildman–Crippen LogP) is 6.15. The first kappa shape index (κ1) is 25.7. The molecule has 0 aromatic heterocycles. The molecule has 0 saturated heterocycles. The maximum Gasteiger partial charge on any atom is 0.407 e. The highest BCUT2D eigenvalue weighted by atomic mass is 16.6. The molecule has 1 atom stereocenters. The number of alkyl carbamates (subject to hydrolysis) is 1. The van der Waals surface area contributed by atoms with Crippen molar-refractivity contribution in [2.75, 3.05) is 13.2 Å². The van der Waals surface area contributed by atoms with Gasteiger partial charge in [0.15, 0.2) is 0 Å². The van der Waals surface area contributed by atoms with Crippen LogP contribution in [0.25, 0.3) is 0 Å². The Hall–Kier alpha value is -1.26. The Morgan fingerprint density at radius 2 is 1.19 bits per heavy atom. The number of ether oxygens (including phenoxy) is 2. The van der Waals surface area contributed by atoms with E-state index in [4.69, 9.17) is 9.47 Å². The molecular weight excluding hydrogens is 342 g/mol. The van der Waals surface area contributed by atoms with Gasteiger partial charge in [0.05, 0.1) is 13.2 Å². The molecule has 1 amide bonds. The Bertz CT molecular complexity index is 360. The third-order valence-electron chi connectivity index (χ3n) is 4.65. The van der Waals surface area contributed by atoms with Gasteiger partial charge in [0.1, 0.15) is 6.04 Å². The highest BCUT2D eigenvalue weighted by molar-refractivity contribution is 5.81. The molecule has 0 aliphatic heterocycles. The van der Waals surface area contributed by atoms with Gasteiger partial charge in [-0.1, -0.05) is 91.4 Å². The quantitative estimate of drug-likeness (QED) is 0.227. The minimum Gasteiger partial charge on any atom is -0.464 e. The van der Waals surface area contributed by atoms with Crippen molar-refractivity contribution in [3.05, 3.63) is 0 Å². The van der Waals surface area contributed by atoms with Gasteiger partial charge in [-0.15, -0.1) is 0 Å². The Morgan fingerprint density at radius 3 is 1.81 bits per heavy atom. The van der Waals surface area contributed by atoms with E-state index in [1.807, 2.05) is 6.92 Å². The third-order valence-corrected chi connectivity index (χ3v) is 4.65. The lowest BCUT2D eigenvalue weighted by Gasteiger charge is -2.17. The van der Waals surface area contributed by atoms with Crippen molar-refractivity contribution in [3.8, 4) is 0 Å². The molecule has 0 rings (SSSR count). The molecule has 0 aromatic carbocycles. The first-order valence-corrected chi connectivity index (χ1v) is 11.3. The van der Waals surface area contributed by atoms with Crippen molar-refractivity contribution >= 4 is 12.1 Å². The molecule has 5 heteroatoms. The number of carbonyl (C=O) groups is 2. The molecule has 0 aromatic rings. The van der Waals surface area contributed by atoms with Crippen LogP contribution in [0.2, 0.25) is 0 Å². The highest BCUT2D eigenvalue weighted by Crippen LogP contribution is 2.10. The number of rotatable bonds is 18. The largest absolute Gasteiger partial charge is 0.464 e. The standard InChI is InChI=1S/C22H43NO4/c1-4-7-10-12-13-14-16-19-26-21(24)20(17-15-11-8-5-2)23-22(25)27-18-9-6-3/h20H,4-19H2,1-3H3,(H,23,25). The second kappa shape index (κ2) is 19.5. The zero-order valence-electron chi connectivity index (χ0n) is 18.0. The molecule has 0 radical (unpaired) electrons. The first-order valence-electron chi connectivity index (χ1n) is 11.3. The SMILES string of the molecule is CCCCCCCCCOC(=O)C(CCCCCC)NC(=O)OCCCC. The van der Waals surface area contributed by atoms with Crippen molar-refractivity contribution in [2.24, 2.45) is 0 Å². The topological polar surface area (TPSA) is 64.6 Å². The molecule has 1 unspecified atom stereocenters. The van der Waals surface area contributed by atoms with Crippen LogP contribution in [0.1, 0.15) is 111 Å². The van der Waals surface area contributed by atoms with Crippen molar-refractivity contribution in [1.82, 2.24) is 5.32 Å². The number of unbranched alkanes of at least 4 members (excludes halogenated alkanes) is 10. The number of carbonyl (C=O) groups excluding carboxylic acids is 2. The van der Waals surface area contributed by atoms with Gasteiger partial charge in [-0.05, 0) is 19.3 Å². The maximum absolute atomic E-state index is 12.4. The second-order valence-electron chi connectivity index (χ2n) is 7.32. The van der Waals surface area contributed by atoms with Crippen LogP contribution in [0.4, 0.5) is 4.79 Å². The molecule has 27 heavy (non-hydrogen) atoms. The van der Waals surface area contributed by atoms with Gasteiger partial charge < -0.3 is 14.8 Å². The minimum atomic E-state index is -0.597.